The molecule has 2 N–H and O–H groups in total. The van der Waals surface area contributed by atoms with Gasteiger partial charge < -0.3 is 5.73 Å². The molecular weight excluding hydrogens is 134 g/mol. The van der Waals surface area contributed by atoms with Crippen molar-refractivity contribution in [3.05, 3.63) is 23.8 Å². The predicted octanol–water partition coefficient (Wildman–Crippen LogP) is 1.44. The molecule has 1 unspecified atom stereocenters. The molecule has 0 heterocycles. The normalized spacial score (nSPS) is 26.0. The third-order valence-electron chi connectivity index (χ3n) is 1.36. The fourth-order valence-electron chi connectivity index (χ4n) is 0.790. The molecule has 0 saturated heterocycles. The highest BCUT2D eigenvalue weighted by Gasteiger charge is 2.02. The van der Waals surface area contributed by atoms with Crippen molar-refractivity contribution in [3.63, 3.8) is 0 Å². The first-order chi connectivity index (χ1) is 4.33. The summed E-state index contributed by atoms with van der Waals surface area (Å²) in [7, 11) is 0. The van der Waals surface area contributed by atoms with E-state index in [-0.39, 0.29) is 5.38 Å². The van der Waals surface area contributed by atoms with Crippen LogP contribution in [0, 0.1) is 0 Å². The van der Waals surface area contributed by atoms with Gasteiger partial charge in [-0.3, -0.25) is 0 Å². The van der Waals surface area contributed by atoms with Gasteiger partial charge >= 0.3 is 0 Å². The number of nitrogens with two attached hydrogens (primary N) is 1. The van der Waals surface area contributed by atoms with Crippen LogP contribution in [0.15, 0.2) is 23.8 Å². The van der Waals surface area contributed by atoms with Crippen LogP contribution < -0.4 is 5.73 Å². The van der Waals surface area contributed by atoms with Gasteiger partial charge in [-0.1, -0.05) is 18.2 Å². The number of hydrogen-bond acceptors (Lipinski definition) is 1. The van der Waals surface area contributed by atoms with Gasteiger partial charge in [-0.2, -0.15) is 0 Å². The maximum Gasteiger partial charge on any atom is 0.0553 e. The third kappa shape index (κ3) is 1.84. The van der Waals surface area contributed by atoms with Crippen molar-refractivity contribution >= 4 is 11.6 Å². The van der Waals surface area contributed by atoms with E-state index >= 15 is 0 Å². The van der Waals surface area contributed by atoms with Gasteiger partial charge in [-0.25, -0.2) is 0 Å². The van der Waals surface area contributed by atoms with Crippen LogP contribution in [0.25, 0.3) is 0 Å². The Morgan fingerprint density at radius 2 is 2.56 bits per heavy atom. The van der Waals surface area contributed by atoms with Crippen molar-refractivity contribution < 1.29 is 0 Å². The Bertz CT molecular complexity index is 149. The number of hydrogen-bond donors (Lipinski definition) is 1. The Hall–Kier alpha value is -0.270. The Balaban J connectivity index is 2.52. The van der Waals surface area contributed by atoms with Gasteiger partial charge in [0, 0.05) is 6.54 Å². The minimum absolute atomic E-state index is 0.181. The number of alkyl halides is 1. The van der Waals surface area contributed by atoms with Crippen LogP contribution >= 0.6 is 11.6 Å². The molecule has 1 rings (SSSR count). The van der Waals surface area contributed by atoms with Crippen LogP contribution in [-0.4, -0.2) is 11.9 Å². The molecule has 1 atom stereocenters. The topological polar surface area (TPSA) is 26.0 Å². The molecule has 0 aromatic carbocycles. The molecule has 0 aliphatic heterocycles. The van der Waals surface area contributed by atoms with Crippen molar-refractivity contribution in [1.29, 1.82) is 0 Å². The summed E-state index contributed by atoms with van der Waals surface area (Å²) in [5, 5.41) is 0.181. The van der Waals surface area contributed by atoms with E-state index in [0.717, 1.165) is 6.42 Å². The predicted molar refractivity (Wildman–Crippen MR) is 40.5 cm³/mol. The van der Waals surface area contributed by atoms with Crippen LogP contribution in [0.3, 0.4) is 0 Å². The van der Waals surface area contributed by atoms with E-state index in [4.69, 9.17) is 17.3 Å². The second-order valence-electron chi connectivity index (χ2n) is 2.09. The SMILES string of the molecule is NCC1=CCC(Cl)C=C1. The van der Waals surface area contributed by atoms with E-state index in [9.17, 15) is 0 Å². The molecule has 0 aromatic heterocycles. The lowest BCUT2D eigenvalue weighted by molar-refractivity contribution is 1.00. The summed E-state index contributed by atoms with van der Waals surface area (Å²) >= 11 is 5.77. The second-order valence-corrected chi connectivity index (χ2v) is 2.65. The number of allylic oxidation sites excluding steroid dienone is 2. The lowest BCUT2D eigenvalue weighted by Crippen LogP contribution is -2.05. The monoisotopic (exact) mass is 143 g/mol. The van der Waals surface area contributed by atoms with E-state index < -0.39 is 0 Å². The van der Waals surface area contributed by atoms with E-state index in [0.29, 0.717) is 6.54 Å². The molecule has 0 amide bonds. The minimum Gasteiger partial charge on any atom is -0.327 e. The highest BCUT2D eigenvalue weighted by Crippen LogP contribution is 2.13. The fourth-order valence-corrected chi connectivity index (χ4v) is 0.952. The van der Waals surface area contributed by atoms with Gasteiger partial charge in [0.25, 0.3) is 0 Å². The average Bonchev–Trinajstić information content (AvgIpc) is 1.90. The highest BCUT2D eigenvalue weighted by molar-refractivity contribution is 6.22. The summed E-state index contributed by atoms with van der Waals surface area (Å²) in [5.74, 6) is 0. The molecule has 0 fully saturated rings. The lowest BCUT2D eigenvalue weighted by atomic mass is 10.1. The zero-order valence-electron chi connectivity index (χ0n) is 5.18. The van der Waals surface area contributed by atoms with Gasteiger partial charge in [0.1, 0.15) is 0 Å². The van der Waals surface area contributed by atoms with Crippen molar-refractivity contribution in [2.45, 2.75) is 11.8 Å². The summed E-state index contributed by atoms with van der Waals surface area (Å²) in [6.45, 7) is 0.625. The molecule has 0 spiro atoms. The van der Waals surface area contributed by atoms with Gasteiger partial charge in [0.2, 0.25) is 0 Å². The Kier molecular flexibility index (Phi) is 2.31. The molecule has 0 radical (unpaired) electrons. The van der Waals surface area contributed by atoms with Gasteiger partial charge in [-0.15, -0.1) is 11.6 Å². The highest BCUT2D eigenvalue weighted by atomic mass is 35.5. The molecule has 0 bridgehead atoms. The lowest BCUT2D eigenvalue weighted by Gasteiger charge is -2.07. The maximum atomic E-state index is 5.77. The maximum absolute atomic E-state index is 5.77. The molecule has 9 heavy (non-hydrogen) atoms. The Morgan fingerprint density at radius 1 is 1.78 bits per heavy atom. The first-order valence-electron chi connectivity index (χ1n) is 3.04. The van der Waals surface area contributed by atoms with Crippen LogP contribution in [0.5, 0.6) is 0 Å². The van der Waals surface area contributed by atoms with Crippen LogP contribution in [0.2, 0.25) is 0 Å². The van der Waals surface area contributed by atoms with Gasteiger partial charge in [0.05, 0.1) is 5.38 Å². The van der Waals surface area contributed by atoms with Crippen molar-refractivity contribution in [2.24, 2.45) is 5.73 Å². The third-order valence-corrected chi connectivity index (χ3v) is 1.68. The van der Waals surface area contributed by atoms with Gasteiger partial charge in [0.15, 0.2) is 0 Å². The average molecular weight is 144 g/mol. The fraction of sp³-hybridized carbons (Fsp3) is 0.429. The van der Waals surface area contributed by atoms with E-state index in [1.54, 1.807) is 0 Å². The van der Waals surface area contributed by atoms with Crippen LogP contribution in [-0.2, 0) is 0 Å². The number of halogens is 1. The van der Waals surface area contributed by atoms with E-state index in [2.05, 4.69) is 6.08 Å². The second kappa shape index (κ2) is 3.04. The van der Waals surface area contributed by atoms with Crippen LogP contribution in [0.1, 0.15) is 6.42 Å². The molecule has 0 aromatic rings. The molecule has 1 nitrogen and oxygen atoms in total. The minimum atomic E-state index is 0.181. The zero-order chi connectivity index (χ0) is 6.69. The van der Waals surface area contributed by atoms with Crippen molar-refractivity contribution in [2.75, 3.05) is 6.54 Å². The molecule has 1 aliphatic carbocycles. The first-order valence-corrected chi connectivity index (χ1v) is 3.48. The number of rotatable bonds is 1. The zero-order valence-corrected chi connectivity index (χ0v) is 5.93. The van der Waals surface area contributed by atoms with E-state index in [1.807, 2.05) is 12.2 Å². The standard InChI is InChI=1S/C7H10ClN/c8-7-3-1-6(5-9)2-4-7/h1-3,7H,4-5,9H2. The quantitative estimate of drug-likeness (QED) is 0.553. The summed E-state index contributed by atoms with van der Waals surface area (Å²) in [5.41, 5.74) is 6.57. The Morgan fingerprint density at radius 3 is 3.00 bits per heavy atom. The van der Waals surface area contributed by atoms with Crippen molar-refractivity contribution in [3.8, 4) is 0 Å². The molecule has 0 saturated carbocycles. The summed E-state index contributed by atoms with van der Waals surface area (Å²) in [6.07, 6.45) is 6.97. The Labute approximate surface area is 60.2 Å². The van der Waals surface area contributed by atoms with Gasteiger partial charge in [-0.05, 0) is 12.0 Å². The summed E-state index contributed by atoms with van der Waals surface area (Å²) in [4.78, 5) is 0. The van der Waals surface area contributed by atoms with E-state index in [1.165, 1.54) is 5.57 Å². The van der Waals surface area contributed by atoms with Crippen molar-refractivity contribution in [1.82, 2.24) is 0 Å². The largest absolute Gasteiger partial charge is 0.327 e. The molecule has 2 heteroatoms. The molecule has 50 valence electrons. The van der Waals surface area contributed by atoms with Crippen LogP contribution in [0.4, 0.5) is 0 Å². The molecule has 1 aliphatic rings. The summed E-state index contributed by atoms with van der Waals surface area (Å²) in [6, 6.07) is 0. The molecular formula is C7H10ClN. The summed E-state index contributed by atoms with van der Waals surface area (Å²) < 4.78 is 0. The first kappa shape index (κ1) is 6.84. The smallest absolute Gasteiger partial charge is 0.0553 e.